The van der Waals surface area contributed by atoms with Crippen LogP contribution in [0.4, 0.5) is 0 Å². The zero-order valence-corrected chi connectivity index (χ0v) is 11.2. The molecule has 1 aliphatic rings. The lowest BCUT2D eigenvalue weighted by molar-refractivity contribution is -0.181. The second-order valence-electron chi connectivity index (χ2n) is 4.02. The molecular weight excluding hydrogens is 290 g/mol. The van der Waals surface area contributed by atoms with Crippen LogP contribution in [0.3, 0.4) is 0 Å². The highest BCUT2D eigenvalue weighted by atomic mass is 31.2. The molecule has 4 N–H and O–H groups in total. The van der Waals surface area contributed by atoms with Crippen molar-refractivity contribution in [2.75, 3.05) is 0 Å². The molecule has 18 heavy (non-hydrogen) atoms. The van der Waals surface area contributed by atoms with E-state index in [1.807, 2.05) is 0 Å². The van der Waals surface area contributed by atoms with Crippen LogP contribution in [-0.4, -0.2) is 26.2 Å². The first-order valence-electron chi connectivity index (χ1n) is 5.32. The molecule has 0 aromatic rings. The second kappa shape index (κ2) is 6.56. The summed E-state index contributed by atoms with van der Waals surface area (Å²) < 4.78 is 33.8. The standard InChI is InChI=1S/C7H16O9P2/c8-16-18(12,13)15-7(14-17(9,10)11)6-4-2-1-3-5-6/h6-8H,1-5H2,(H,12,13)(H2,9,10,11). The zero-order valence-electron chi connectivity index (χ0n) is 9.41. The summed E-state index contributed by atoms with van der Waals surface area (Å²) in [6.07, 6.45) is 2.03. The van der Waals surface area contributed by atoms with Crippen LogP contribution in [0.1, 0.15) is 32.1 Å². The summed E-state index contributed by atoms with van der Waals surface area (Å²) >= 11 is 0. The molecule has 9 nitrogen and oxygen atoms in total. The van der Waals surface area contributed by atoms with Crippen LogP contribution in [0.25, 0.3) is 0 Å². The van der Waals surface area contributed by atoms with Crippen molar-refractivity contribution in [3.8, 4) is 0 Å². The SMILES string of the molecule is O=P(O)(O)OC(OP(=O)(O)OO)C1CCCCC1. The quantitative estimate of drug-likeness (QED) is 0.249. The summed E-state index contributed by atoms with van der Waals surface area (Å²) in [5.74, 6) is -0.443. The lowest BCUT2D eigenvalue weighted by atomic mass is 9.89. The number of phosphoric acid groups is 2. The van der Waals surface area contributed by atoms with E-state index in [0.29, 0.717) is 12.8 Å². The molecular formula is C7H16O9P2. The number of rotatable bonds is 6. The Morgan fingerprint density at radius 2 is 1.56 bits per heavy atom. The van der Waals surface area contributed by atoms with Gasteiger partial charge in [0.05, 0.1) is 0 Å². The van der Waals surface area contributed by atoms with Crippen LogP contribution in [0, 0.1) is 5.92 Å². The maximum absolute atomic E-state index is 11.0. The van der Waals surface area contributed by atoms with Crippen molar-refractivity contribution in [3.05, 3.63) is 0 Å². The second-order valence-corrected chi connectivity index (χ2v) is 6.52. The topological polar surface area (TPSA) is 143 Å². The molecule has 1 rings (SSSR count). The van der Waals surface area contributed by atoms with E-state index < -0.39 is 27.9 Å². The Balaban J connectivity index is 2.74. The van der Waals surface area contributed by atoms with Gasteiger partial charge in [0.1, 0.15) is 0 Å². The molecule has 1 aliphatic carbocycles. The highest BCUT2D eigenvalue weighted by Crippen LogP contribution is 2.50. The molecule has 0 aromatic carbocycles. The van der Waals surface area contributed by atoms with Crippen molar-refractivity contribution in [2.45, 2.75) is 38.4 Å². The largest absolute Gasteiger partial charge is 0.501 e. The minimum Gasteiger partial charge on any atom is -0.303 e. The van der Waals surface area contributed by atoms with Crippen molar-refractivity contribution in [2.24, 2.45) is 5.92 Å². The van der Waals surface area contributed by atoms with Gasteiger partial charge in [0.2, 0.25) is 0 Å². The fourth-order valence-corrected chi connectivity index (χ4v) is 2.95. The van der Waals surface area contributed by atoms with Gasteiger partial charge < -0.3 is 14.7 Å². The van der Waals surface area contributed by atoms with Crippen molar-refractivity contribution in [1.29, 1.82) is 0 Å². The Hall–Kier alpha value is 0.180. The highest BCUT2D eigenvalue weighted by Gasteiger charge is 2.37. The van der Waals surface area contributed by atoms with Gasteiger partial charge in [-0.15, -0.1) is 4.67 Å². The number of hydrogen-bond acceptors (Lipinski definition) is 6. The highest BCUT2D eigenvalue weighted by molar-refractivity contribution is 7.47. The third-order valence-electron chi connectivity index (χ3n) is 2.62. The molecule has 2 unspecified atom stereocenters. The van der Waals surface area contributed by atoms with Crippen molar-refractivity contribution < 1.29 is 42.8 Å². The molecule has 0 aliphatic heterocycles. The van der Waals surface area contributed by atoms with Gasteiger partial charge in [-0.25, -0.2) is 14.4 Å². The monoisotopic (exact) mass is 306 g/mol. The van der Waals surface area contributed by atoms with Crippen molar-refractivity contribution >= 4 is 15.6 Å². The molecule has 0 aromatic heterocycles. The molecule has 2 atom stereocenters. The van der Waals surface area contributed by atoms with Gasteiger partial charge in [-0.2, -0.15) is 0 Å². The molecule has 108 valence electrons. The van der Waals surface area contributed by atoms with E-state index in [1.165, 1.54) is 0 Å². The summed E-state index contributed by atoms with van der Waals surface area (Å²) in [5, 5.41) is 8.15. The van der Waals surface area contributed by atoms with E-state index in [9.17, 15) is 9.13 Å². The smallest absolute Gasteiger partial charge is 0.303 e. The molecule has 1 fully saturated rings. The van der Waals surface area contributed by atoms with E-state index in [2.05, 4.69) is 13.7 Å². The van der Waals surface area contributed by atoms with Gasteiger partial charge in [-0.05, 0) is 12.8 Å². The molecule has 0 radical (unpaired) electrons. The zero-order chi connectivity index (χ0) is 13.8. The number of hydrogen-bond donors (Lipinski definition) is 4. The summed E-state index contributed by atoms with van der Waals surface area (Å²) in [6, 6.07) is 0. The van der Waals surface area contributed by atoms with Crippen molar-refractivity contribution in [3.63, 3.8) is 0 Å². The molecule has 11 heteroatoms. The van der Waals surface area contributed by atoms with Crippen LogP contribution < -0.4 is 0 Å². The van der Waals surface area contributed by atoms with Gasteiger partial charge in [0.15, 0.2) is 6.29 Å². The molecule has 1 saturated carbocycles. The Morgan fingerprint density at radius 1 is 1.00 bits per heavy atom. The summed E-state index contributed by atoms with van der Waals surface area (Å²) in [7, 11) is -9.67. The average Bonchev–Trinajstić information content (AvgIpc) is 2.27. The maximum atomic E-state index is 11.0. The maximum Gasteiger partial charge on any atom is 0.501 e. The Morgan fingerprint density at radius 3 is 2.00 bits per heavy atom. The first-order valence-corrected chi connectivity index (χ1v) is 8.34. The molecule has 0 heterocycles. The van der Waals surface area contributed by atoms with Gasteiger partial charge in [0.25, 0.3) is 0 Å². The van der Waals surface area contributed by atoms with E-state index in [0.717, 1.165) is 19.3 Å². The minimum absolute atomic E-state index is 0.443. The van der Waals surface area contributed by atoms with Crippen LogP contribution in [0.15, 0.2) is 0 Å². The van der Waals surface area contributed by atoms with E-state index in [-0.39, 0.29) is 0 Å². The average molecular weight is 306 g/mol. The normalized spacial score (nSPS) is 23.6. The summed E-state index contributed by atoms with van der Waals surface area (Å²) in [4.78, 5) is 26.4. The first-order chi connectivity index (χ1) is 8.23. The Bertz CT molecular complexity index is 347. The molecule has 0 saturated heterocycles. The van der Waals surface area contributed by atoms with E-state index in [1.54, 1.807) is 0 Å². The fraction of sp³-hybridized carbons (Fsp3) is 1.00. The van der Waals surface area contributed by atoms with Gasteiger partial charge >= 0.3 is 15.6 Å². The van der Waals surface area contributed by atoms with Gasteiger partial charge in [0, 0.05) is 5.92 Å². The van der Waals surface area contributed by atoms with Crippen LogP contribution in [0.5, 0.6) is 0 Å². The molecule has 0 amide bonds. The van der Waals surface area contributed by atoms with Crippen molar-refractivity contribution in [1.82, 2.24) is 0 Å². The molecule has 0 bridgehead atoms. The van der Waals surface area contributed by atoms with Gasteiger partial charge in [-0.1, -0.05) is 19.3 Å². The fourth-order valence-electron chi connectivity index (χ4n) is 1.88. The summed E-state index contributed by atoms with van der Waals surface area (Å²) in [5.41, 5.74) is 0. The predicted molar refractivity (Wildman–Crippen MR) is 58.1 cm³/mol. The van der Waals surface area contributed by atoms with Gasteiger partial charge in [-0.3, -0.25) is 9.05 Å². The van der Waals surface area contributed by atoms with Crippen LogP contribution in [-0.2, 0) is 22.9 Å². The Kier molecular flexibility index (Phi) is 5.92. The van der Waals surface area contributed by atoms with Crippen LogP contribution in [0.2, 0.25) is 0 Å². The summed E-state index contributed by atoms with van der Waals surface area (Å²) in [6.45, 7) is 0. The third-order valence-corrected chi connectivity index (χ3v) is 3.78. The minimum atomic E-state index is -4.88. The molecule has 0 spiro atoms. The van der Waals surface area contributed by atoms with E-state index >= 15 is 0 Å². The Labute approximate surface area is 103 Å². The third kappa shape index (κ3) is 5.88. The van der Waals surface area contributed by atoms with E-state index in [4.69, 9.17) is 19.9 Å². The lowest BCUT2D eigenvalue weighted by Crippen LogP contribution is -2.27. The number of phosphoric ester groups is 2. The first kappa shape index (κ1) is 16.2. The predicted octanol–water partition coefficient (Wildman–Crippen LogP) is 1.61. The lowest BCUT2D eigenvalue weighted by Gasteiger charge is -2.29. The van der Waals surface area contributed by atoms with Crippen LogP contribution >= 0.6 is 15.6 Å².